The van der Waals surface area contributed by atoms with Gasteiger partial charge in [0.2, 0.25) is 0 Å². The van der Waals surface area contributed by atoms with Crippen LogP contribution in [0.15, 0.2) is 6.07 Å². The Hall–Kier alpha value is -1.52. The van der Waals surface area contributed by atoms with Crippen LogP contribution in [0.2, 0.25) is 0 Å². The summed E-state index contributed by atoms with van der Waals surface area (Å²) in [5, 5.41) is 17.5. The summed E-state index contributed by atoms with van der Waals surface area (Å²) in [6.45, 7) is 4.40. The zero-order chi connectivity index (χ0) is 9.14. The average Bonchev–Trinajstić information content (AvgIpc) is 2.01. The van der Waals surface area contributed by atoms with Gasteiger partial charge in [-0.1, -0.05) is 5.10 Å². The van der Waals surface area contributed by atoms with Gasteiger partial charge in [0.05, 0.1) is 6.54 Å². The van der Waals surface area contributed by atoms with Gasteiger partial charge in [-0.2, -0.15) is 0 Å². The van der Waals surface area contributed by atoms with Gasteiger partial charge in [0, 0.05) is 11.6 Å². The first-order valence-electron chi connectivity index (χ1n) is 3.76. The van der Waals surface area contributed by atoms with Crippen LogP contribution in [0, 0.1) is 12.1 Å². The molecule has 0 aromatic carbocycles. The van der Waals surface area contributed by atoms with Crippen molar-refractivity contribution in [2.45, 2.75) is 13.8 Å². The van der Waals surface area contributed by atoms with Gasteiger partial charge in [0.25, 0.3) is 5.82 Å². The van der Waals surface area contributed by atoms with E-state index in [1.807, 2.05) is 13.8 Å². The minimum atomic E-state index is 0.270. The van der Waals surface area contributed by atoms with Gasteiger partial charge in [-0.15, -0.1) is 4.85 Å². The van der Waals surface area contributed by atoms with Gasteiger partial charge in [0.1, 0.15) is 0 Å². The molecule has 1 heterocycles. The summed E-state index contributed by atoms with van der Waals surface area (Å²) in [4.78, 5) is 0.492. The third-order valence-electron chi connectivity index (χ3n) is 1.52. The number of nitrogens with two attached hydrogens (primary N) is 1. The molecule has 0 aliphatic rings. The predicted octanol–water partition coefficient (Wildman–Crippen LogP) is 0.0374. The van der Waals surface area contributed by atoms with E-state index in [4.69, 9.17) is 5.73 Å². The molecule has 0 aliphatic heterocycles. The molecule has 0 amide bonds. The predicted molar refractivity (Wildman–Crippen MR) is 46.5 cm³/mol. The molecule has 12 heavy (non-hydrogen) atoms. The maximum Gasteiger partial charge on any atom is 0.299 e. The normalized spacial score (nSPS) is 9.83. The first kappa shape index (κ1) is 8.58. The van der Waals surface area contributed by atoms with Crippen molar-refractivity contribution >= 4 is 11.6 Å². The number of nitrogens with one attached hydrogen (secondary N) is 1. The van der Waals surface area contributed by atoms with Crippen LogP contribution < -0.4 is 15.9 Å². The molecule has 0 fully saturated rings. The van der Waals surface area contributed by atoms with E-state index in [-0.39, 0.29) is 5.82 Å². The molecule has 0 saturated carbocycles. The Kier molecular flexibility index (Phi) is 2.32. The first-order valence-corrected chi connectivity index (χ1v) is 3.76. The third kappa shape index (κ3) is 1.55. The van der Waals surface area contributed by atoms with E-state index in [0.717, 1.165) is 5.56 Å². The van der Waals surface area contributed by atoms with Crippen LogP contribution in [0.4, 0.5) is 11.6 Å². The van der Waals surface area contributed by atoms with Crippen LogP contribution in [0.5, 0.6) is 0 Å². The van der Waals surface area contributed by atoms with E-state index in [2.05, 4.69) is 10.4 Å². The molecule has 0 spiro atoms. The van der Waals surface area contributed by atoms with E-state index in [9.17, 15) is 5.21 Å². The van der Waals surface area contributed by atoms with Crippen LogP contribution in [0.3, 0.4) is 0 Å². The Bertz CT molecular complexity index is 287. The van der Waals surface area contributed by atoms with Gasteiger partial charge in [-0.3, -0.25) is 5.32 Å². The van der Waals surface area contributed by atoms with Crippen molar-refractivity contribution in [3.05, 3.63) is 16.8 Å². The molecule has 5 heteroatoms. The van der Waals surface area contributed by atoms with E-state index < -0.39 is 0 Å². The minimum absolute atomic E-state index is 0.270. The van der Waals surface area contributed by atoms with Crippen molar-refractivity contribution in [2.75, 3.05) is 17.6 Å². The Labute approximate surface area is 70.8 Å². The fraction of sp³-hybridized carbons (Fsp3) is 0.429. The highest BCUT2D eigenvalue weighted by atomic mass is 16.5. The van der Waals surface area contributed by atoms with Gasteiger partial charge in [-0.25, -0.2) is 0 Å². The number of hydrogen-bond acceptors (Lipinski definition) is 4. The Balaban J connectivity index is 3.05. The SMILES string of the molecule is CCNc1cc(C)c(N)n[n+]1[O-]. The lowest BCUT2D eigenvalue weighted by molar-refractivity contribution is -0.653. The second kappa shape index (κ2) is 3.25. The lowest BCUT2D eigenvalue weighted by Crippen LogP contribution is -2.36. The Morgan fingerprint density at radius 2 is 2.42 bits per heavy atom. The van der Waals surface area contributed by atoms with Gasteiger partial charge in [-0.05, 0) is 13.8 Å². The van der Waals surface area contributed by atoms with Crippen LogP contribution in [0.25, 0.3) is 0 Å². The molecule has 0 atom stereocenters. The highest BCUT2D eigenvalue weighted by Crippen LogP contribution is 2.07. The first-order chi connectivity index (χ1) is 5.65. The maximum atomic E-state index is 11.0. The zero-order valence-corrected chi connectivity index (χ0v) is 7.16. The average molecular weight is 168 g/mol. The second-order valence-corrected chi connectivity index (χ2v) is 2.50. The van der Waals surface area contributed by atoms with Gasteiger partial charge < -0.3 is 10.9 Å². The lowest BCUT2D eigenvalue weighted by Gasteiger charge is -2.07. The third-order valence-corrected chi connectivity index (χ3v) is 1.52. The summed E-state index contributed by atoms with van der Waals surface area (Å²) in [5.41, 5.74) is 6.23. The lowest BCUT2D eigenvalue weighted by atomic mass is 10.3. The molecule has 1 rings (SSSR count). The Morgan fingerprint density at radius 1 is 1.75 bits per heavy atom. The van der Waals surface area contributed by atoms with Crippen molar-refractivity contribution in [3.8, 4) is 0 Å². The van der Waals surface area contributed by atoms with E-state index in [1.54, 1.807) is 6.07 Å². The highest BCUT2D eigenvalue weighted by molar-refractivity contribution is 5.42. The molecule has 66 valence electrons. The molecule has 5 nitrogen and oxygen atoms in total. The van der Waals surface area contributed by atoms with Crippen molar-refractivity contribution < 1.29 is 4.85 Å². The molecule has 3 N–H and O–H groups in total. The topological polar surface area (TPSA) is 77.9 Å². The monoisotopic (exact) mass is 168 g/mol. The summed E-state index contributed by atoms with van der Waals surface area (Å²) >= 11 is 0. The fourth-order valence-corrected chi connectivity index (χ4v) is 0.865. The number of aromatic nitrogens is 2. The number of hydrogen-bond donors (Lipinski definition) is 2. The standard InChI is InChI=1S/C7H12N4O/c1-3-9-6-4-5(2)7(8)10-11(6)12/h4,9H,3H2,1-2H3,(H2,8,10). The molecule has 1 aromatic rings. The largest absolute Gasteiger partial charge is 0.691 e. The van der Waals surface area contributed by atoms with Crippen molar-refractivity contribution in [1.29, 1.82) is 0 Å². The van der Waals surface area contributed by atoms with E-state index >= 15 is 0 Å². The number of aryl methyl sites for hydroxylation is 1. The highest BCUT2D eigenvalue weighted by Gasteiger charge is 2.06. The molecule has 0 bridgehead atoms. The molecular weight excluding hydrogens is 156 g/mol. The zero-order valence-electron chi connectivity index (χ0n) is 7.16. The molecule has 0 unspecified atom stereocenters. The molecular formula is C7H12N4O. The van der Waals surface area contributed by atoms with E-state index in [1.165, 1.54) is 0 Å². The van der Waals surface area contributed by atoms with Crippen LogP contribution in [0.1, 0.15) is 12.5 Å². The van der Waals surface area contributed by atoms with Crippen molar-refractivity contribution in [1.82, 2.24) is 5.10 Å². The van der Waals surface area contributed by atoms with Crippen molar-refractivity contribution in [3.63, 3.8) is 0 Å². The molecule has 0 aliphatic carbocycles. The second-order valence-electron chi connectivity index (χ2n) is 2.50. The maximum absolute atomic E-state index is 11.0. The molecule has 0 saturated heterocycles. The number of rotatable bonds is 2. The van der Waals surface area contributed by atoms with E-state index in [0.29, 0.717) is 17.2 Å². The number of nitrogens with zero attached hydrogens (tertiary/aromatic N) is 2. The summed E-state index contributed by atoms with van der Waals surface area (Å²) in [7, 11) is 0. The number of nitrogen functional groups attached to an aromatic ring is 1. The summed E-state index contributed by atoms with van der Waals surface area (Å²) in [5.74, 6) is 0.704. The quantitative estimate of drug-likeness (QED) is 0.482. The summed E-state index contributed by atoms with van der Waals surface area (Å²) in [6.07, 6.45) is 0. The van der Waals surface area contributed by atoms with Gasteiger partial charge >= 0.3 is 0 Å². The minimum Gasteiger partial charge on any atom is -0.691 e. The fourth-order valence-electron chi connectivity index (χ4n) is 0.865. The van der Waals surface area contributed by atoms with Gasteiger partial charge in [0.15, 0.2) is 5.82 Å². The van der Waals surface area contributed by atoms with Crippen molar-refractivity contribution in [2.24, 2.45) is 0 Å². The Morgan fingerprint density at radius 3 is 3.00 bits per heavy atom. The smallest absolute Gasteiger partial charge is 0.299 e. The van der Waals surface area contributed by atoms with Crippen LogP contribution in [-0.2, 0) is 0 Å². The summed E-state index contributed by atoms with van der Waals surface area (Å²) in [6, 6.07) is 1.68. The number of anilines is 2. The summed E-state index contributed by atoms with van der Waals surface area (Å²) < 4.78 is 0. The van der Waals surface area contributed by atoms with Crippen LogP contribution in [-0.4, -0.2) is 11.6 Å². The molecule has 1 aromatic heterocycles. The molecule has 0 radical (unpaired) electrons. The van der Waals surface area contributed by atoms with Crippen LogP contribution >= 0.6 is 0 Å².